The van der Waals surface area contributed by atoms with E-state index >= 15 is 0 Å². The highest BCUT2D eigenvalue weighted by Crippen LogP contribution is 2.12. The Bertz CT molecular complexity index is 626. The molecule has 0 aliphatic heterocycles. The summed E-state index contributed by atoms with van der Waals surface area (Å²) >= 11 is 0. The smallest absolute Gasteiger partial charge is 0.124 e. The molecule has 0 unspecified atom stereocenters. The molecule has 0 fully saturated rings. The lowest BCUT2D eigenvalue weighted by Crippen LogP contribution is -2.17. The van der Waals surface area contributed by atoms with Crippen LogP contribution in [0.15, 0.2) is 42.5 Å². The minimum atomic E-state index is -0.359. The third kappa shape index (κ3) is 3.91. The molecule has 20 heavy (non-hydrogen) atoms. The van der Waals surface area contributed by atoms with Crippen molar-refractivity contribution in [3.63, 3.8) is 0 Å². The van der Waals surface area contributed by atoms with E-state index in [1.165, 1.54) is 23.3 Å². The number of hydrogen-bond acceptors (Lipinski definition) is 2. The molecule has 0 heterocycles. The van der Waals surface area contributed by atoms with Gasteiger partial charge in [0.15, 0.2) is 0 Å². The van der Waals surface area contributed by atoms with Gasteiger partial charge in [-0.15, -0.1) is 0 Å². The van der Waals surface area contributed by atoms with Crippen molar-refractivity contribution in [1.29, 1.82) is 5.26 Å². The summed E-state index contributed by atoms with van der Waals surface area (Å²) in [5, 5.41) is 8.85. The second-order valence-corrected chi connectivity index (χ2v) is 5.12. The first-order valence-electron chi connectivity index (χ1n) is 6.50. The van der Waals surface area contributed by atoms with Crippen LogP contribution in [0.1, 0.15) is 22.3 Å². The van der Waals surface area contributed by atoms with Crippen LogP contribution in [-0.4, -0.2) is 11.9 Å². The van der Waals surface area contributed by atoms with Gasteiger partial charge in [-0.05, 0) is 43.3 Å². The molecule has 3 heteroatoms. The third-order valence-corrected chi connectivity index (χ3v) is 3.11. The standard InChI is InChI=1S/C17H17FN2/c1-13-3-5-14(6-4-13)11-20(2)12-16-7-15(10-19)8-17(18)9-16/h3-9H,11-12H2,1-2H3. The van der Waals surface area contributed by atoms with Gasteiger partial charge in [-0.3, -0.25) is 4.90 Å². The Kier molecular flexibility index (Phi) is 4.49. The molecule has 0 saturated heterocycles. The van der Waals surface area contributed by atoms with E-state index in [1.54, 1.807) is 6.07 Å². The molecule has 0 bridgehead atoms. The summed E-state index contributed by atoms with van der Waals surface area (Å²) in [5.74, 6) is -0.359. The maximum Gasteiger partial charge on any atom is 0.124 e. The van der Waals surface area contributed by atoms with Gasteiger partial charge in [0.2, 0.25) is 0 Å². The summed E-state index contributed by atoms with van der Waals surface area (Å²) in [7, 11) is 1.98. The van der Waals surface area contributed by atoms with Gasteiger partial charge in [-0.2, -0.15) is 5.26 Å². The first-order chi connectivity index (χ1) is 9.56. The molecule has 2 rings (SSSR count). The van der Waals surface area contributed by atoms with Crippen molar-refractivity contribution >= 4 is 0 Å². The SMILES string of the molecule is Cc1ccc(CN(C)Cc2cc(F)cc(C#N)c2)cc1. The second kappa shape index (κ2) is 6.31. The van der Waals surface area contributed by atoms with Crippen LogP contribution in [0, 0.1) is 24.1 Å². The fraction of sp³-hybridized carbons (Fsp3) is 0.235. The van der Waals surface area contributed by atoms with Crippen LogP contribution < -0.4 is 0 Å². The van der Waals surface area contributed by atoms with E-state index in [-0.39, 0.29) is 5.82 Å². The van der Waals surface area contributed by atoms with Crippen molar-refractivity contribution in [1.82, 2.24) is 4.90 Å². The lowest BCUT2D eigenvalue weighted by molar-refractivity contribution is 0.318. The van der Waals surface area contributed by atoms with E-state index < -0.39 is 0 Å². The third-order valence-electron chi connectivity index (χ3n) is 3.11. The fourth-order valence-electron chi connectivity index (χ4n) is 2.18. The van der Waals surface area contributed by atoms with Crippen molar-refractivity contribution in [2.75, 3.05) is 7.05 Å². The van der Waals surface area contributed by atoms with Crippen LogP contribution in [0.4, 0.5) is 4.39 Å². The highest BCUT2D eigenvalue weighted by molar-refractivity contribution is 5.33. The highest BCUT2D eigenvalue weighted by atomic mass is 19.1. The Labute approximate surface area is 119 Å². The summed E-state index contributed by atoms with van der Waals surface area (Å²) in [6, 6.07) is 14.8. The van der Waals surface area contributed by atoms with Gasteiger partial charge < -0.3 is 0 Å². The number of benzene rings is 2. The number of nitriles is 1. The molecular weight excluding hydrogens is 251 g/mol. The lowest BCUT2D eigenvalue weighted by atomic mass is 10.1. The molecule has 0 spiro atoms. The first kappa shape index (κ1) is 14.2. The lowest BCUT2D eigenvalue weighted by Gasteiger charge is -2.17. The van der Waals surface area contributed by atoms with E-state index in [9.17, 15) is 4.39 Å². The van der Waals surface area contributed by atoms with Gasteiger partial charge in [0.1, 0.15) is 5.82 Å². The second-order valence-electron chi connectivity index (χ2n) is 5.12. The topological polar surface area (TPSA) is 27.0 Å². The van der Waals surface area contributed by atoms with E-state index in [2.05, 4.69) is 36.1 Å². The average Bonchev–Trinajstić information content (AvgIpc) is 2.40. The largest absolute Gasteiger partial charge is 0.298 e. The van der Waals surface area contributed by atoms with Gasteiger partial charge in [-0.1, -0.05) is 29.8 Å². The van der Waals surface area contributed by atoms with Crippen LogP contribution in [0.5, 0.6) is 0 Å². The summed E-state index contributed by atoms with van der Waals surface area (Å²) in [6.07, 6.45) is 0. The molecule has 0 radical (unpaired) electrons. The molecule has 0 amide bonds. The van der Waals surface area contributed by atoms with E-state index in [4.69, 9.17) is 5.26 Å². The van der Waals surface area contributed by atoms with Crippen LogP contribution in [0.25, 0.3) is 0 Å². The summed E-state index contributed by atoms with van der Waals surface area (Å²) < 4.78 is 13.4. The molecule has 0 aliphatic rings. The van der Waals surface area contributed by atoms with Gasteiger partial charge in [0.05, 0.1) is 11.6 Å². The summed E-state index contributed by atoms with van der Waals surface area (Å²) in [4.78, 5) is 2.10. The minimum absolute atomic E-state index is 0.359. The summed E-state index contributed by atoms with van der Waals surface area (Å²) in [6.45, 7) is 3.46. The summed E-state index contributed by atoms with van der Waals surface area (Å²) in [5.41, 5.74) is 3.63. The van der Waals surface area contributed by atoms with Gasteiger partial charge in [0, 0.05) is 13.1 Å². The Hall–Kier alpha value is -2.18. The Balaban J connectivity index is 2.04. The predicted octanol–water partition coefficient (Wildman–Crippen LogP) is 3.64. The van der Waals surface area contributed by atoms with Crippen LogP contribution in [-0.2, 0) is 13.1 Å². The van der Waals surface area contributed by atoms with Crippen LogP contribution in [0.3, 0.4) is 0 Å². The van der Waals surface area contributed by atoms with Gasteiger partial charge >= 0.3 is 0 Å². The van der Waals surface area contributed by atoms with Crippen molar-refractivity contribution in [2.45, 2.75) is 20.0 Å². The van der Waals surface area contributed by atoms with Crippen molar-refractivity contribution < 1.29 is 4.39 Å². The molecule has 0 N–H and O–H groups in total. The molecule has 2 aromatic carbocycles. The number of halogens is 1. The van der Waals surface area contributed by atoms with Gasteiger partial charge in [-0.25, -0.2) is 4.39 Å². The van der Waals surface area contributed by atoms with E-state index in [0.717, 1.165) is 12.1 Å². The molecule has 0 aromatic heterocycles. The molecule has 2 nitrogen and oxygen atoms in total. The van der Waals surface area contributed by atoms with Gasteiger partial charge in [0.25, 0.3) is 0 Å². The predicted molar refractivity (Wildman–Crippen MR) is 77.5 cm³/mol. The maximum atomic E-state index is 13.4. The number of rotatable bonds is 4. The van der Waals surface area contributed by atoms with Crippen LogP contribution >= 0.6 is 0 Å². The Morgan fingerprint density at radius 3 is 2.35 bits per heavy atom. The zero-order valence-electron chi connectivity index (χ0n) is 11.7. The van der Waals surface area contributed by atoms with Crippen molar-refractivity contribution in [3.05, 3.63) is 70.5 Å². The first-order valence-corrected chi connectivity index (χ1v) is 6.50. The van der Waals surface area contributed by atoms with E-state index in [0.29, 0.717) is 12.1 Å². The molecule has 0 atom stereocenters. The zero-order valence-corrected chi connectivity index (χ0v) is 11.7. The van der Waals surface area contributed by atoms with Crippen molar-refractivity contribution in [2.24, 2.45) is 0 Å². The minimum Gasteiger partial charge on any atom is -0.298 e. The number of aryl methyl sites for hydroxylation is 1. The molecule has 0 aliphatic carbocycles. The molecule has 0 saturated carbocycles. The number of hydrogen-bond donors (Lipinski definition) is 0. The Morgan fingerprint density at radius 1 is 1.05 bits per heavy atom. The van der Waals surface area contributed by atoms with E-state index in [1.807, 2.05) is 13.1 Å². The number of nitrogens with zero attached hydrogens (tertiary/aromatic N) is 2. The maximum absolute atomic E-state index is 13.4. The zero-order chi connectivity index (χ0) is 14.5. The van der Waals surface area contributed by atoms with Crippen LogP contribution in [0.2, 0.25) is 0 Å². The Morgan fingerprint density at radius 2 is 1.70 bits per heavy atom. The molecule has 102 valence electrons. The normalized spacial score (nSPS) is 10.6. The highest BCUT2D eigenvalue weighted by Gasteiger charge is 2.05. The monoisotopic (exact) mass is 268 g/mol. The molecule has 2 aromatic rings. The fourth-order valence-corrected chi connectivity index (χ4v) is 2.18. The van der Waals surface area contributed by atoms with Crippen molar-refractivity contribution in [3.8, 4) is 6.07 Å². The molecular formula is C17H17FN2. The average molecular weight is 268 g/mol. The quantitative estimate of drug-likeness (QED) is 0.846.